The number of hydrogen-bond acceptors (Lipinski definition) is 4. The van der Waals surface area contributed by atoms with Crippen LogP contribution < -0.4 is 11.1 Å². The van der Waals surface area contributed by atoms with Crippen molar-refractivity contribution in [3.05, 3.63) is 63.3 Å². The molecule has 1 saturated carbocycles. The van der Waals surface area contributed by atoms with Crippen LogP contribution in [0.4, 0.5) is 8.78 Å². The standard InChI is InChI=1S/C22H19Cl2F2N5O3/c23-14-6-7-16(25)13(19(14)26)8-28-17(32)9-30(11-4-5-11)18(33)10-31-21-12(2-1-3-15(21)24)20(29-31)22(27)34/h1-3,6-7,11H,4-5,8-10H2,(H2,27,34)(H,28,32). The SMILES string of the molecule is NC(=O)c1nn(CC(=O)N(CC(=O)NCc2c(F)ccc(Cl)c2F)C2CC2)c2c(Cl)cccc12. The third-order valence-corrected chi connectivity index (χ3v) is 6.06. The zero-order chi connectivity index (χ0) is 24.6. The van der Waals surface area contributed by atoms with Crippen LogP contribution in [-0.2, 0) is 22.7 Å². The van der Waals surface area contributed by atoms with Gasteiger partial charge in [0, 0.05) is 23.5 Å². The summed E-state index contributed by atoms with van der Waals surface area (Å²) < 4.78 is 29.2. The van der Waals surface area contributed by atoms with E-state index < -0.39 is 35.9 Å². The van der Waals surface area contributed by atoms with E-state index >= 15 is 0 Å². The molecule has 3 N–H and O–H groups in total. The minimum atomic E-state index is -0.954. The summed E-state index contributed by atoms with van der Waals surface area (Å²) in [7, 11) is 0. The number of carbonyl (C=O) groups excluding carboxylic acids is 3. The molecule has 2 aromatic carbocycles. The largest absolute Gasteiger partial charge is 0.364 e. The number of nitrogens with one attached hydrogen (secondary N) is 1. The van der Waals surface area contributed by atoms with E-state index in [-0.39, 0.29) is 40.4 Å². The van der Waals surface area contributed by atoms with Crippen LogP contribution in [0, 0.1) is 11.6 Å². The molecule has 0 spiro atoms. The van der Waals surface area contributed by atoms with Crippen molar-refractivity contribution < 1.29 is 23.2 Å². The molecule has 1 aliphatic carbocycles. The molecule has 12 heteroatoms. The van der Waals surface area contributed by atoms with Crippen molar-refractivity contribution >= 4 is 51.8 Å². The molecule has 4 rings (SSSR count). The molecule has 0 aliphatic heterocycles. The predicted octanol–water partition coefficient (Wildman–Crippen LogP) is 3.03. The van der Waals surface area contributed by atoms with Gasteiger partial charge in [-0.15, -0.1) is 0 Å². The average Bonchev–Trinajstić information content (AvgIpc) is 3.56. The summed E-state index contributed by atoms with van der Waals surface area (Å²) in [5.74, 6) is -3.59. The van der Waals surface area contributed by atoms with Crippen LogP contribution >= 0.6 is 23.2 Å². The first-order chi connectivity index (χ1) is 16.2. The Morgan fingerprint density at radius 1 is 1.15 bits per heavy atom. The first-order valence-electron chi connectivity index (χ1n) is 10.3. The molecule has 1 aromatic heterocycles. The van der Waals surface area contributed by atoms with Gasteiger partial charge < -0.3 is 16.0 Å². The molecule has 1 heterocycles. The number of para-hydroxylation sites is 1. The Balaban J connectivity index is 1.49. The van der Waals surface area contributed by atoms with Gasteiger partial charge >= 0.3 is 0 Å². The fraction of sp³-hybridized carbons (Fsp3) is 0.273. The molecule has 0 atom stereocenters. The Bertz CT molecular complexity index is 1310. The first-order valence-corrected chi connectivity index (χ1v) is 11.1. The molecular formula is C22H19Cl2F2N5O3. The van der Waals surface area contributed by atoms with Crippen molar-refractivity contribution in [2.45, 2.75) is 32.0 Å². The van der Waals surface area contributed by atoms with Crippen LogP contribution in [0.2, 0.25) is 10.0 Å². The highest BCUT2D eigenvalue weighted by Gasteiger charge is 2.34. The minimum absolute atomic E-state index is 0.0217. The molecule has 34 heavy (non-hydrogen) atoms. The van der Waals surface area contributed by atoms with Crippen LogP contribution in [0.3, 0.4) is 0 Å². The summed E-state index contributed by atoms with van der Waals surface area (Å²) >= 11 is 11.9. The fourth-order valence-corrected chi connectivity index (χ4v) is 4.09. The van der Waals surface area contributed by atoms with Gasteiger partial charge in [0.05, 0.1) is 22.1 Å². The molecule has 1 fully saturated rings. The van der Waals surface area contributed by atoms with Crippen LogP contribution in [0.1, 0.15) is 28.9 Å². The van der Waals surface area contributed by atoms with Gasteiger partial charge in [-0.1, -0.05) is 35.3 Å². The summed E-state index contributed by atoms with van der Waals surface area (Å²) in [6.07, 6.45) is 1.42. The Kier molecular flexibility index (Phi) is 6.72. The smallest absolute Gasteiger partial charge is 0.269 e. The third-order valence-electron chi connectivity index (χ3n) is 5.46. The van der Waals surface area contributed by atoms with Crippen molar-refractivity contribution in [1.29, 1.82) is 0 Å². The fourth-order valence-electron chi connectivity index (χ4n) is 3.64. The highest BCUT2D eigenvalue weighted by molar-refractivity contribution is 6.35. The number of aromatic nitrogens is 2. The quantitative estimate of drug-likeness (QED) is 0.454. The average molecular weight is 510 g/mol. The molecule has 8 nitrogen and oxygen atoms in total. The minimum Gasteiger partial charge on any atom is -0.364 e. The van der Waals surface area contributed by atoms with Crippen molar-refractivity contribution in [3.8, 4) is 0 Å². The lowest BCUT2D eigenvalue weighted by Gasteiger charge is -2.22. The van der Waals surface area contributed by atoms with E-state index in [0.29, 0.717) is 23.7 Å². The van der Waals surface area contributed by atoms with Gasteiger partial charge in [0.2, 0.25) is 11.8 Å². The maximum atomic E-state index is 14.1. The number of rotatable bonds is 8. The van der Waals surface area contributed by atoms with Gasteiger partial charge in [0.1, 0.15) is 18.2 Å². The molecule has 0 radical (unpaired) electrons. The van der Waals surface area contributed by atoms with Gasteiger partial charge in [-0.25, -0.2) is 8.78 Å². The molecule has 0 saturated heterocycles. The number of hydrogen-bond donors (Lipinski definition) is 2. The zero-order valence-electron chi connectivity index (χ0n) is 17.7. The topological polar surface area (TPSA) is 110 Å². The number of halogens is 4. The highest BCUT2D eigenvalue weighted by atomic mass is 35.5. The summed E-state index contributed by atoms with van der Waals surface area (Å²) in [6, 6.07) is 6.79. The van der Waals surface area contributed by atoms with Gasteiger partial charge in [-0.3, -0.25) is 19.1 Å². The normalized spacial score (nSPS) is 13.2. The van der Waals surface area contributed by atoms with E-state index in [1.807, 2.05) is 0 Å². The molecular weight excluding hydrogens is 491 g/mol. The lowest BCUT2D eigenvalue weighted by atomic mass is 10.2. The summed E-state index contributed by atoms with van der Waals surface area (Å²) in [5, 5.41) is 7.00. The maximum absolute atomic E-state index is 14.1. The number of primary amides is 1. The van der Waals surface area contributed by atoms with Crippen LogP contribution in [-0.4, -0.2) is 45.0 Å². The Morgan fingerprint density at radius 2 is 1.88 bits per heavy atom. The van der Waals surface area contributed by atoms with Gasteiger partial charge in [0.15, 0.2) is 5.69 Å². The number of nitrogens with two attached hydrogens (primary N) is 1. The van der Waals surface area contributed by atoms with Gasteiger partial charge in [-0.2, -0.15) is 5.10 Å². The van der Waals surface area contributed by atoms with E-state index in [1.165, 1.54) is 9.58 Å². The molecule has 3 aromatic rings. The van der Waals surface area contributed by atoms with Crippen LogP contribution in [0.5, 0.6) is 0 Å². The lowest BCUT2D eigenvalue weighted by Crippen LogP contribution is -2.43. The number of fused-ring (bicyclic) bond motifs is 1. The zero-order valence-corrected chi connectivity index (χ0v) is 19.2. The second kappa shape index (κ2) is 9.55. The maximum Gasteiger partial charge on any atom is 0.269 e. The highest BCUT2D eigenvalue weighted by Crippen LogP contribution is 2.29. The second-order valence-corrected chi connectivity index (χ2v) is 8.67. The van der Waals surface area contributed by atoms with Crippen LogP contribution in [0.25, 0.3) is 10.9 Å². The van der Waals surface area contributed by atoms with Crippen LogP contribution in [0.15, 0.2) is 30.3 Å². The van der Waals surface area contributed by atoms with E-state index in [2.05, 4.69) is 10.4 Å². The Hall–Kier alpha value is -3.24. The lowest BCUT2D eigenvalue weighted by molar-refractivity contribution is -0.137. The Morgan fingerprint density at radius 3 is 2.56 bits per heavy atom. The van der Waals surface area contributed by atoms with E-state index in [1.54, 1.807) is 18.2 Å². The number of benzene rings is 2. The number of carbonyl (C=O) groups is 3. The van der Waals surface area contributed by atoms with E-state index in [9.17, 15) is 23.2 Å². The summed E-state index contributed by atoms with van der Waals surface area (Å²) in [6.45, 7) is -1.02. The summed E-state index contributed by atoms with van der Waals surface area (Å²) in [4.78, 5) is 38.7. The van der Waals surface area contributed by atoms with Crippen molar-refractivity contribution in [2.75, 3.05) is 6.54 Å². The first kappa shape index (κ1) is 23.9. The number of nitrogens with zero attached hydrogens (tertiary/aromatic N) is 3. The van der Waals surface area contributed by atoms with Gasteiger partial charge in [-0.05, 0) is 31.0 Å². The summed E-state index contributed by atoms with van der Waals surface area (Å²) in [5.41, 5.74) is 5.38. The van der Waals surface area contributed by atoms with Crippen molar-refractivity contribution in [1.82, 2.24) is 20.0 Å². The Labute approximate surface area is 202 Å². The molecule has 178 valence electrons. The van der Waals surface area contributed by atoms with E-state index in [0.717, 1.165) is 12.1 Å². The molecule has 1 aliphatic rings. The van der Waals surface area contributed by atoms with Crippen molar-refractivity contribution in [3.63, 3.8) is 0 Å². The monoisotopic (exact) mass is 509 g/mol. The predicted molar refractivity (Wildman–Crippen MR) is 121 cm³/mol. The molecule has 3 amide bonds. The van der Waals surface area contributed by atoms with Crippen molar-refractivity contribution in [2.24, 2.45) is 5.73 Å². The molecule has 0 bridgehead atoms. The second-order valence-electron chi connectivity index (χ2n) is 7.86. The third kappa shape index (κ3) is 4.83. The van der Waals surface area contributed by atoms with Gasteiger partial charge in [0.25, 0.3) is 5.91 Å². The number of amides is 3. The molecule has 0 unspecified atom stereocenters. The van der Waals surface area contributed by atoms with E-state index in [4.69, 9.17) is 28.9 Å².